The van der Waals surface area contributed by atoms with Crippen molar-refractivity contribution in [1.29, 1.82) is 0 Å². The predicted molar refractivity (Wildman–Crippen MR) is 57.2 cm³/mol. The first-order chi connectivity index (χ1) is 6.07. The van der Waals surface area contributed by atoms with Gasteiger partial charge < -0.3 is 0 Å². The number of hydrogen-bond acceptors (Lipinski definition) is 2. The number of unbranched alkanes of at least 4 members (excludes halogenated alkanes) is 2. The fourth-order valence-electron chi connectivity index (χ4n) is 0.911. The second kappa shape index (κ2) is 7.25. The minimum atomic E-state index is -0.922. The SMILES string of the molecule is CCCCCS(=O)CC(=O)C(C)C. The van der Waals surface area contributed by atoms with Gasteiger partial charge in [0.05, 0.1) is 5.75 Å². The topological polar surface area (TPSA) is 34.1 Å². The Balaban J connectivity index is 3.56. The maximum Gasteiger partial charge on any atom is 0.147 e. The normalized spacial score (nSPS) is 13.2. The number of rotatable bonds is 7. The fourth-order valence-corrected chi connectivity index (χ4v) is 2.23. The molecule has 0 radical (unpaired) electrons. The molecule has 0 amide bonds. The van der Waals surface area contributed by atoms with E-state index < -0.39 is 10.8 Å². The van der Waals surface area contributed by atoms with Crippen LogP contribution in [0, 0.1) is 5.92 Å². The van der Waals surface area contributed by atoms with E-state index in [2.05, 4.69) is 6.92 Å². The zero-order chi connectivity index (χ0) is 10.3. The Morgan fingerprint density at radius 1 is 1.31 bits per heavy atom. The molecule has 0 saturated carbocycles. The highest BCUT2D eigenvalue weighted by Crippen LogP contribution is 2.00. The molecule has 0 spiro atoms. The highest BCUT2D eigenvalue weighted by atomic mass is 32.2. The minimum absolute atomic E-state index is 0.0233. The van der Waals surface area contributed by atoms with Gasteiger partial charge in [0.25, 0.3) is 0 Å². The third-order valence-corrected chi connectivity index (χ3v) is 3.27. The lowest BCUT2D eigenvalue weighted by molar-refractivity contribution is -0.119. The summed E-state index contributed by atoms with van der Waals surface area (Å²) < 4.78 is 11.3. The van der Waals surface area contributed by atoms with Crippen LogP contribution in [-0.2, 0) is 15.6 Å². The van der Waals surface area contributed by atoms with Gasteiger partial charge in [0.2, 0.25) is 0 Å². The van der Waals surface area contributed by atoms with Crippen molar-refractivity contribution in [2.75, 3.05) is 11.5 Å². The van der Waals surface area contributed by atoms with Crippen LogP contribution in [0.1, 0.15) is 40.0 Å². The largest absolute Gasteiger partial charge is 0.298 e. The van der Waals surface area contributed by atoms with Crippen molar-refractivity contribution in [1.82, 2.24) is 0 Å². The van der Waals surface area contributed by atoms with Gasteiger partial charge >= 0.3 is 0 Å². The molecule has 0 rings (SSSR count). The van der Waals surface area contributed by atoms with Crippen LogP contribution in [0.5, 0.6) is 0 Å². The Hall–Kier alpha value is -0.180. The molecular weight excluding hydrogens is 184 g/mol. The van der Waals surface area contributed by atoms with E-state index in [1.165, 1.54) is 0 Å². The van der Waals surface area contributed by atoms with Crippen molar-refractivity contribution in [2.24, 2.45) is 5.92 Å². The Labute approximate surface area is 83.6 Å². The van der Waals surface area contributed by atoms with Crippen LogP contribution >= 0.6 is 0 Å². The second-order valence-corrected chi connectivity index (χ2v) is 5.19. The zero-order valence-electron chi connectivity index (χ0n) is 8.84. The van der Waals surface area contributed by atoms with E-state index in [9.17, 15) is 9.00 Å². The predicted octanol–water partition coefficient (Wildman–Crippen LogP) is 2.15. The average molecular weight is 204 g/mol. The maximum absolute atomic E-state index is 11.3. The summed E-state index contributed by atoms with van der Waals surface area (Å²) in [6.45, 7) is 5.82. The first-order valence-corrected chi connectivity index (χ1v) is 6.44. The average Bonchev–Trinajstić information content (AvgIpc) is 2.04. The van der Waals surface area contributed by atoms with Crippen LogP contribution in [0.4, 0.5) is 0 Å². The summed E-state index contributed by atoms with van der Waals surface area (Å²) in [7, 11) is -0.922. The number of hydrogen-bond donors (Lipinski definition) is 0. The third-order valence-electron chi connectivity index (χ3n) is 1.92. The summed E-state index contributed by atoms with van der Waals surface area (Å²) in [4.78, 5) is 11.2. The molecule has 0 saturated heterocycles. The summed E-state index contributed by atoms with van der Waals surface area (Å²) in [5, 5.41) is 0. The molecule has 0 aliphatic carbocycles. The van der Waals surface area contributed by atoms with Gasteiger partial charge in [0.1, 0.15) is 5.78 Å². The van der Waals surface area contributed by atoms with Crippen LogP contribution < -0.4 is 0 Å². The Morgan fingerprint density at radius 2 is 1.92 bits per heavy atom. The summed E-state index contributed by atoms with van der Waals surface area (Å²) in [5.41, 5.74) is 0. The van der Waals surface area contributed by atoms with Gasteiger partial charge in [-0.2, -0.15) is 0 Å². The quantitative estimate of drug-likeness (QED) is 0.595. The van der Waals surface area contributed by atoms with E-state index in [0.29, 0.717) is 5.75 Å². The number of ketones is 1. The lowest BCUT2D eigenvalue weighted by atomic mass is 10.1. The summed E-state index contributed by atoms with van der Waals surface area (Å²) in [6.07, 6.45) is 3.23. The van der Waals surface area contributed by atoms with E-state index in [0.717, 1.165) is 19.3 Å². The minimum Gasteiger partial charge on any atom is -0.298 e. The van der Waals surface area contributed by atoms with Crippen LogP contribution in [0.2, 0.25) is 0 Å². The monoisotopic (exact) mass is 204 g/mol. The van der Waals surface area contributed by atoms with Gasteiger partial charge in [-0.05, 0) is 6.42 Å². The van der Waals surface area contributed by atoms with Gasteiger partial charge in [0, 0.05) is 22.5 Å². The molecule has 0 aromatic carbocycles. The van der Waals surface area contributed by atoms with E-state index >= 15 is 0 Å². The summed E-state index contributed by atoms with van der Waals surface area (Å²) >= 11 is 0. The van der Waals surface area contributed by atoms with E-state index in [1.54, 1.807) is 0 Å². The van der Waals surface area contributed by atoms with Crippen LogP contribution in [0.3, 0.4) is 0 Å². The zero-order valence-corrected chi connectivity index (χ0v) is 9.65. The molecule has 0 fully saturated rings. The molecule has 1 atom stereocenters. The van der Waals surface area contributed by atoms with E-state index in [-0.39, 0.29) is 17.5 Å². The molecule has 0 bridgehead atoms. The Kier molecular flexibility index (Phi) is 7.14. The maximum atomic E-state index is 11.3. The van der Waals surface area contributed by atoms with E-state index in [4.69, 9.17) is 0 Å². The Morgan fingerprint density at radius 3 is 2.38 bits per heavy atom. The van der Waals surface area contributed by atoms with Crippen molar-refractivity contribution in [3.05, 3.63) is 0 Å². The summed E-state index contributed by atoms with van der Waals surface area (Å²) in [5.74, 6) is 1.08. The van der Waals surface area contributed by atoms with Crippen molar-refractivity contribution >= 4 is 16.6 Å². The van der Waals surface area contributed by atoms with Gasteiger partial charge in [0.15, 0.2) is 0 Å². The fraction of sp³-hybridized carbons (Fsp3) is 0.900. The molecule has 78 valence electrons. The molecule has 2 nitrogen and oxygen atoms in total. The van der Waals surface area contributed by atoms with Gasteiger partial charge in [-0.3, -0.25) is 9.00 Å². The smallest absolute Gasteiger partial charge is 0.147 e. The first-order valence-electron chi connectivity index (χ1n) is 4.95. The van der Waals surface area contributed by atoms with Crippen LogP contribution in [-0.4, -0.2) is 21.5 Å². The van der Waals surface area contributed by atoms with Crippen molar-refractivity contribution in [2.45, 2.75) is 40.0 Å². The molecule has 0 heterocycles. The van der Waals surface area contributed by atoms with Gasteiger partial charge in [-0.1, -0.05) is 33.6 Å². The van der Waals surface area contributed by atoms with Crippen LogP contribution in [0.25, 0.3) is 0 Å². The Bertz CT molecular complexity index is 176. The molecule has 0 aliphatic rings. The molecule has 3 heteroatoms. The highest BCUT2D eigenvalue weighted by Gasteiger charge is 2.10. The van der Waals surface area contributed by atoms with Crippen LogP contribution in [0.15, 0.2) is 0 Å². The first kappa shape index (κ1) is 12.8. The number of Topliss-reactive ketones (excluding diaryl/α,β-unsaturated/α-hetero) is 1. The van der Waals surface area contributed by atoms with Gasteiger partial charge in [-0.25, -0.2) is 0 Å². The van der Waals surface area contributed by atoms with Gasteiger partial charge in [-0.15, -0.1) is 0 Å². The van der Waals surface area contributed by atoms with Crippen molar-refractivity contribution < 1.29 is 9.00 Å². The number of carbonyl (C=O) groups is 1. The number of carbonyl (C=O) groups excluding carboxylic acids is 1. The summed E-state index contributed by atoms with van der Waals surface area (Å²) in [6, 6.07) is 0. The molecule has 0 N–H and O–H groups in total. The lowest BCUT2D eigenvalue weighted by Gasteiger charge is -2.03. The molecule has 0 aromatic rings. The molecule has 0 aliphatic heterocycles. The van der Waals surface area contributed by atoms with Crippen molar-refractivity contribution in [3.63, 3.8) is 0 Å². The molecule has 13 heavy (non-hydrogen) atoms. The van der Waals surface area contributed by atoms with Crippen molar-refractivity contribution in [3.8, 4) is 0 Å². The molecular formula is C10H20O2S. The highest BCUT2D eigenvalue weighted by molar-refractivity contribution is 7.85. The third kappa shape index (κ3) is 6.94. The lowest BCUT2D eigenvalue weighted by Crippen LogP contribution is -2.17. The molecule has 0 aromatic heterocycles. The molecule has 1 unspecified atom stereocenters. The second-order valence-electron chi connectivity index (χ2n) is 3.62. The standard InChI is InChI=1S/C10H20O2S/c1-4-5-6-7-13(12)8-10(11)9(2)3/h9H,4-8H2,1-3H3. The van der Waals surface area contributed by atoms with E-state index in [1.807, 2.05) is 13.8 Å².